The topological polar surface area (TPSA) is 41.6 Å². The first kappa shape index (κ1) is 11.9. The number of rotatable bonds is 2. The maximum Gasteiger partial charge on any atom is 0.322 e. The summed E-state index contributed by atoms with van der Waals surface area (Å²) in [6, 6.07) is -0.134. The van der Waals surface area contributed by atoms with E-state index in [1.54, 1.807) is 0 Å². The third-order valence-corrected chi connectivity index (χ3v) is 4.43. The van der Waals surface area contributed by atoms with E-state index in [0.717, 1.165) is 19.6 Å². The number of esters is 1. The van der Waals surface area contributed by atoms with E-state index in [2.05, 4.69) is 24.1 Å². The van der Waals surface area contributed by atoms with Gasteiger partial charge in [-0.25, -0.2) is 0 Å². The van der Waals surface area contributed by atoms with E-state index in [-0.39, 0.29) is 17.6 Å². The molecule has 1 N–H and O–H groups in total. The van der Waals surface area contributed by atoms with E-state index >= 15 is 0 Å². The number of nitrogens with zero attached hydrogens (tertiary/aromatic N) is 1. The SMILES string of the molecule is COC(=O)C(C)N1CC2CNCC2C1(C)C. The molecule has 0 aliphatic carbocycles. The summed E-state index contributed by atoms with van der Waals surface area (Å²) in [5.74, 6) is 1.21. The molecule has 92 valence electrons. The van der Waals surface area contributed by atoms with Gasteiger partial charge in [0.2, 0.25) is 0 Å². The van der Waals surface area contributed by atoms with Crippen molar-refractivity contribution < 1.29 is 9.53 Å². The van der Waals surface area contributed by atoms with Crippen molar-refractivity contribution in [3.63, 3.8) is 0 Å². The van der Waals surface area contributed by atoms with Gasteiger partial charge in [0.1, 0.15) is 6.04 Å². The van der Waals surface area contributed by atoms with Gasteiger partial charge in [-0.15, -0.1) is 0 Å². The molecule has 4 nitrogen and oxygen atoms in total. The number of likely N-dealkylation sites (tertiary alicyclic amines) is 1. The molecule has 2 rings (SSSR count). The highest BCUT2D eigenvalue weighted by molar-refractivity contribution is 5.75. The molecular weight excluding hydrogens is 204 g/mol. The van der Waals surface area contributed by atoms with Crippen LogP contribution >= 0.6 is 0 Å². The van der Waals surface area contributed by atoms with Gasteiger partial charge in [-0.3, -0.25) is 9.69 Å². The zero-order chi connectivity index (χ0) is 11.9. The molecule has 2 heterocycles. The Morgan fingerprint density at radius 1 is 1.50 bits per heavy atom. The lowest BCUT2D eigenvalue weighted by Gasteiger charge is -2.38. The Bertz CT molecular complexity index is 291. The molecule has 0 saturated carbocycles. The van der Waals surface area contributed by atoms with Crippen molar-refractivity contribution in [3.8, 4) is 0 Å². The van der Waals surface area contributed by atoms with E-state index in [0.29, 0.717) is 11.8 Å². The highest BCUT2D eigenvalue weighted by Crippen LogP contribution is 2.41. The first-order valence-electron chi connectivity index (χ1n) is 6.03. The highest BCUT2D eigenvalue weighted by atomic mass is 16.5. The number of hydrogen-bond acceptors (Lipinski definition) is 4. The molecule has 0 amide bonds. The van der Waals surface area contributed by atoms with Crippen LogP contribution in [0.4, 0.5) is 0 Å². The molecule has 0 bridgehead atoms. The van der Waals surface area contributed by atoms with Crippen molar-refractivity contribution in [2.45, 2.75) is 32.4 Å². The molecular formula is C12H22N2O2. The molecule has 0 aromatic heterocycles. The van der Waals surface area contributed by atoms with Gasteiger partial charge in [0.25, 0.3) is 0 Å². The predicted molar refractivity (Wildman–Crippen MR) is 62.1 cm³/mol. The van der Waals surface area contributed by atoms with Gasteiger partial charge < -0.3 is 10.1 Å². The quantitative estimate of drug-likeness (QED) is 0.695. The number of carbonyl (C=O) groups excluding carboxylic acids is 1. The van der Waals surface area contributed by atoms with Crippen LogP contribution in [0, 0.1) is 11.8 Å². The van der Waals surface area contributed by atoms with Gasteiger partial charge in [-0.05, 0) is 39.2 Å². The van der Waals surface area contributed by atoms with E-state index in [1.807, 2.05) is 6.92 Å². The molecule has 4 heteroatoms. The normalized spacial score (nSPS) is 34.8. The van der Waals surface area contributed by atoms with E-state index in [4.69, 9.17) is 4.74 Å². The number of methoxy groups -OCH3 is 1. The Morgan fingerprint density at radius 3 is 2.75 bits per heavy atom. The fourth-order valence-corrected chi connectivity index (χ4v) is 3.41. The Balaban J connectivity index is 2.15. The van der Waals surface area contributed by atoms with Crippen molar-refractivity contribution in [1.29, 1.82) is 0 Å². The van der Waals surface area contributed by atoms with Crippen LogP contribution in [0.5, 0.6) is 0 Å². The summed E-state index contributed by atoms with van der Waals surface area (Å²) in [4.78, 5) is 13.9. The number of ether oxygens (including phenoxy) is 1. The van der Waals surface area contributed by atoms with Crippen molar-refractivity contribution in [3.05, 3.63) is 0 Å². The number of hydrogen-bond donors (Lipinski definition) is 1. The predicted octanol–water partition coefficient (Wildman–Crippen LogP) is 0.478. The highest BCUT2D eigenvalue weighted by Gasteiger charge is 2.51. The first-order valence-corrected chi connectivity index (χ1v) is 6.03. The molecule has 16 heavy (non-hydrogen) atoms. The number of fused-ring (bicyclic) bond motifs is 1. The van der Waals surface area contributed by atoms with Gasteiger partial charge in [-0.1, -0.05) is 0 Å². The van der Waals surface area contributed by atoms with Crippen molar-refractivity contribution in [2.75, 3.05) is 26.7 Å². The maximum atomic E-state index is 11.6. The molecule has 0 aromatic carbocycles. The van der Waals surface area contributed by atoms with E-state index in [9.17, 15) is 4.79 Å². The second-order valence-electron chi connectivity index (χ2n) is 5.53. The molecule has 3 atom stereocenters. The second-order valence-corrected chi connectivity index (χ2v) is 5.53. The van der Waals surface area contributed by atoms with Crippen LogP contribution in [-0.4, -0.2) is 49.2 Å². The average Bonchev–Trinajstić information content (AvgIpc) is 2.79. The lowest BCUT2D eigenvalue weighted by molar-refractivity contribution is -0.148. The summed E-state index contributed by atoms with van der Waals surface area (Å²) in [6.07, 6.45) is 0. The molecule has 2 fully saturated rings. The zero-order valence-electron chi connectivity index (χ0n) is 10.6. The third kappa shape index (κ3) is 1.64. The van der Waals surface area contributed by atoms with Gasteiger partial charge in [0, 0.05) is 18.6 Å². The zero-order valence-corrected chi connectivity index (χ0v) is 10.6. The van der Waals surface area contributed by atoms with Crippen LogP contribution in [0.25, 0.3) is 0 Å². The summed E-state index contributed by atoms with van der Waals surface area (Å²) < 4.78 is 4.84. The smallest absolute Gasteiger partial charge is 0.322 e. The molecule has 0 radical (unpaired) electrons. The van der Waals surface area contributed by atoms with Crippen LogP contribution in [0.3, 0.4) is 0 Å². The molecule has 3 unspecified atom stereocenters. The Labute approximate surface area is 97.3 Å². The number of nitrogens with one attached hydrogen (secondary N) is 1. The molecule has 0 aromatic rings. The number of carbonyl (C=O) groups is 1. The second kappa shape index (κ2) is 4.00. The lowest BCUT2D eigenvalue weighted by Crippen LogP contribution is -2.51. The Hall–Kier alpha value is -0.610. The van der Waals surface area contributed by atoms with Crippen LogP contribution in [0.15, 0.2) is 0 Å². The summed E-state index contributed by atoms with van der Waals surface area (Å²) in [7, 11) is 1.46. The van der Waals surface area contributed by atoms with Gasteiger partial charge >= 0.3 is 5.97 Å². The minimum Gasteiger partial charge on any atom is -0.468 e. The molecule has 2 aliphatic heterocycles. The standard InChI is InChI=1S/C12H22N2O2/c1-8(11(15)16-4)14-7-9-5-13-6-10(9)12(14,2)3/h8-10,13H,5-7H2,1-4H3. The summed E-state index contributed by atoms with van der Waals surface area (Å²) in [5.41, 5.74) is 0.0851. The minimum absolute atomic E-state index is 0.0851. The van der Waals surface area contributed by atoms with Crippen LogP contribution in [0.1, 0.15) is 20.8 Å². The average molecular weight is 226 g/mol. The van der Waals surface area contributed by atoms with Crippen LogP contribution in [0.2, 0.25) is 0 Å². The summed E-state index contributed by atoms with van der Waals surface area (Å²) in [6.45, 7) is 9.58. The first-order chi connectivity index (χ1) is 7.48. The third-order valence-electron chi connectivity index (χ3n) is 4.43. The Morgan fingerprint density at radius 2 is 2.19 bits per heavy atom. The van der Waals surface area contributed by atoms with Crippen molar-refractivity contribution in [1.82, 2.24) is 10.2 Å². The van der Waals surface area contributed by atoms with Gasteiger partial charge in [0.05, 0.1) is 7.11 Å². The molecule has 2 aliphatic rings. The largest absolute Gasteiger partial charge is 0.468 e. The summed E-state index contributed by atoms with van der Waals surface area (Å²) >= 11 is 0. The minimum atomic E-state index is -0.134. The monoisotopic (exact) mass is 226 g/mol. The fourth-order valence-electron chi connectivity index (χ4n) is 3.41. The van der Waals surface area contributed by atoms with Crippen molar-refractivity contribution >= 4 is 5.97 Å². The van der Waals surface area contributed by atoms with Crippen molar-refractivity contribution in [2.24, 2.45) is 11.8 Å². The van der Waals surface area contributed by atoms with Gasteiger partial charge in [0.15, 0.2) is 0 Å². The molecule has 0 spiro atoms. The maximum absolute atomic E-state index is 11.6. The van der Waals surface area contributed by atoms with Gasteiger partial charge in [-0.2, -0.15) is 0 Å². The van der Waals surface area contributed by atoms with Crippen LogP contribution < -0.4 is 5.32 Å². The fraction of sp³-hybridized carbons (Fsp3) is 0.917. The molecule has 2 saturated heterocycles. The Kier molecular flexibility index (Phi) is 2.97. The van der Waals surface area contributed by atoms with E-state index < -0.39 is 0 Å². The lowest BCUT2D eigenvalue weighted by atomic mass is 9.84. The van der Waals surface area contributed by atoms with Crippen LogP contribution in [-0.2, 0) is 9.53 Å². The van der Waals surface area contributed by atoms with E-state index in [1.165, 1.54) is 7.11 Å². The summed E-state index contributed by atoms with van der Waals surface area (Å²) in [5, 5.41) is 3.44.